The first-order valence-corrected chi connectivity index (χ1v) is 22.8. The Kier molecular flexibility index (Phi) is 8.58. The summed E-state index contributed by atoms with van der Waals surface area (Å²) in [4.78, 5) is 0.320. The summed E-state index contributed by atoms with van der Waals surface area (Å²) in [5.41, 5.74) is 2.64. The van der Waals surface area contributed by atoms with Crippen LogP contribution in [0.2, 0.25) is 13.3 Å². The minimum absolute atomic E-state index is 0.0122. The second kappa shape index (κ2) is 11.0. The number of halogens is 1. The van der Waals surface area contributed by atoms with Crippen LogP contribution in [0, 0.1) is 12.3 Å². The van der Waals surface area contributed by atoms with Gasteiger partial charge >= 0.3 is 225 Å². The van der Waals surface area contributed by atoms with Gasteiger partial charge in [-0.3, -0.25) is 0 Å². The Morgan fingerprint density at radius 3 is 2.26 bits per heavy atom. The van der Waals surface area contributed by atoms with Gasteiger partial charge in [0.2, 0.25) is 0 Å². The minimum atomic E-state index is -3.75. The molecule has 1 saturated heterocycles. The van der Waals surface area contributed by atoms with Crippen LogP contribution in [0.15, 0.2) is 67.6 Å². The van der Waals surface area contributed by atoms with Gasteiger partial charge in [-0.25, -0.2) is 0 Å². The molecule has 2 aromatic carbocycles. The predicted octanol–water partition coefficient (Wildman–Crippen LogP) is 7.01. The monoisotopic (exact) mass is 667 g/mol. The number of rotatable bonds is 10. The molecule has 0 unspecified atom stereocenters. The summed E-state index contributed by atoms with van der Waals surface area (Å²) in [5.74, 6) is 0. The number of aryl methyl sites for hydroxylation is 1. The van der Waals surface area contributed by atoms with Crippen LogP contribution in [0.25, 0.3) is 0 Å². The molecule has 1 N–H and O–H groups in total. The van der Waals surface area contributed by atoms with Crippen molar-refractivity contribution in [2.75, 3.05) is 13.2 Å². The van der Waals surface area contributed by atoms with Crippen LogP contribution in [-0.2, 0) is 10.0 Å². The van der Waals surface area contributed by atoms with Crippen LogP contribution < -0.4 is 0 Å². The third-order valence-electron chi connectivity index (χ3n) is 8.09. The predicted molar refractivity (Wildman–Crippen MR) is 150 cm³/mol. The van der Waals surface area contributed by atoms with Gasteiger partial charge in [0.15, 0.2) is 0 Å². The summed E-state index contributed by atoms with van der Waals surface area (Å²) in [6, 6.07) is 14.7. The SMILES string of the molecule is CCC[CH2][Sn]1([CH2]CCC)[CH]=C2CN(S(=O)(=O)c3ccc(C)cc3)[C@@H](c3ccccc3Br)[C@@]2(CO)[CH2]1. The molecule has 2 aromatic rings. The molecule has 0 aliphatic carbocycles. The molecule has 2 aliphatic heterocycles. The number of aliphatic hydroxyl groups is 1. The van der Waals surface area contributed by atoms with E-state index in [1.807, 2.05) is 43.3 Å². The fraction of sp³-hybridized carbons (Fsp3) is 0.500. The molecule has 0 amide bonds. The zero-order chi connectivity index (χ0) is 25.3. The number of hydrogen-bond acceptors (Lipinski definition) is 3. The number of nitrogens with zero attached hydrogens (tertiary/aromatic N) is 1. The second-order valence-electron chi connectivity index (χ2n) is 10.5. The van der Waals surface area contributed by atoms with E-state index >= 15 is 0 Å². The maximum absolute atomic E-state index is 14.1. The standard InChI is InChI=1S/C20H20BrNO3S.2C4H9.Sn/c1-14-8-10-16(11-9-14)26(24,25)22-12-15(2)20(3,13-23)19(22)17-6-4-5-7-18(17)21;2*1-3-4-2;/h2,4-11,19,23H,3,12-13H2,1H3;2*1,3-4H2,2H3;/t19-,20+;;;/m0.../s1. The van der Waals surface area contributed by atoms with Crippen LogP contribution in [0.5, 0.6) is 0 Å². The van der Waals surface area contributed by atoms with E-state index in [9.17, 15) is 13.5 Å². The first kappa shape index (κ1) is 27.4. The van der Waals surface area contributed by atoms with Gasteiger partial charge < -0.3 is 0 Å². The molecule has 190 valence electrons. The van der Waals surface area contributed by atoms with Crippen molar-refractivity contribution in [3.63, 3.8) is 0 Å². The molecule has 35 heavy (non-hydrogen) atoms. The van der Waals surface area contributed by atoms with Gasteiger partial charge in [0, 0.05) is 0 Å². The van der Waals surface area contributed by atoms with Crippen LogP contribution in [0.1, 0.15) is 56.7 Å². The third kappa shape index (κ3) is 5.07. The molecule has 0 spiro atoms. The van der Waals surface area contributed by atoms with Crippen molar-refractivity contribution < 1.29 is 13.5 Å². The molecule has 7 heteroatoms. The van der Waals surface area contributed by atoms with Crippen LogP contribution in [0.4, 0.5) is 0 Å². The Labute approximate surface area is 223 Å². The van der Waals surface area contributed by atoms with E-state index in [1.54, 1.807) is 16.4 Å². The van der Waals surface area contributed by atoms with Gasteiger partial charge in [-0.05, 0) is 0 Å². The maximum atomic E-state index is 14.1. The molecule has 0 bridgehead atoms. The summed E-state index contributed by atoms with van der Waals surface area (Å²) in [6.45, 7) is 6.83. The Morgan fingerprint density at radius 1 is 1.06 bits per heavy atom. The van der Waals surface area contributed by atoms with Crippen LogP contribution in [0.3, 0.4) is 0 Å². The van der Waals surface area contributed by atoms with E-state index in [-0.39, 0.29) is 6.61 Å². The van der Waals surface area contributed by atoms with Crippen molar-refractivity contribution in [3.8, 4) is 0 Å². The topological polar surface area (TPSA) is 57.6 Å². The van der Waals surface area contributed by atoms with Crippen molar-refractivity contribution in [2.45, 2.75) is 70.7 Å². The van der Waals surface area contributed by atoms with Crippen LogP contribution in [-0.4, -0.2) is 49.4 Å². The Hall–Kier alpha value is -0.671. The molecule has 0 saturated carbocycles. The summed E-state index contributed by atoms with van der Waals surface area (Å²) in [6.07, 6.45) is 4.83. The molecule has 2 atom stereocenters. The molecule has 2 heterocycles. The average molecular weight is 667 g/mol. The second-order valence-corrected chi connectivity index (χ2v) is 25.7. The van der Waals surface area contributed by atoms with E-state index in [0.29, 0.717) is 11.4 Å². The molecular weight excluding hydrogens is 629 g/mol. The van der Waals surface area contributed by atoms with Crippen molar-refractivity contribution in [1.29, 1.82) is 0 Å². The number of benzene rings is 2. The molecule has 0 aromatic heterocycles. The molecule has 1 fully saturated rings. The summed E-state index contributed by atoms with van der Waals surface area (Å²) >= 11 is 1.01. The molecule has 4 nitrogen and oxygen atoms in total. The zero-order valence-corrected chi connectivity index (χ0v) is 26.4. The van der Waals surface area contributed by atoms with E-state index in [2.05, 4.69) is 33.9 Å². The first-order chi connectivity index (χ1) is 16.7. The van der Waals surface area contributed by atoms with Gasteiger partial charge in [-0.1, -0.05) is 0 Å². The first-order valence-electron chi connectivity index (χ1n) is 12.9. The van der Waals surface area contributed by atoms with Crippen LogP contribution >= 0.6 is 15.9 Å². The van der Waals surface area contributed by atoms with Gasteiger partial charge in [-0.2, -0.15) is 0 Å². The number of aliphatic hydroxyl groups excluding tert-OH is 1. The Morgan fingerprint density at radius 2 is 1.69 bits per heavy atom. The van der Waals surface area contributed by atoms with Gasteiger partial charge in [0.05, 0.1) is 0 Å². The van der Waals surface area contributed by atoms with Crippen molar-refractivity contribution >= 4 is 44.3 Å². The van der Waals surface area contributed by atoms with E-state index in [4.69, 9.17) is 0 Å². The molecule has 4 rings (SSSR count). The van der Waals surface area contributed by atoms with Crippen molar-refractivity contribution in [3.05, 3.63) is 73.8 Å². The number of sulfonamides is 1. The summed E-state index contributed by atoms with van der Waals surface area (Å²) in [5, 5.41) is 11.1. The number of unbranched alkanes of at least 4 members (excludes halogenated alkanes) is 2. The fourth-order valence-corrected chi connectivity index (χ4v) is 25.6. The molecular formula is C28H38BrNO3SSn. The van der Waals surface area contributed by atoms with Gasteiger partial charge in [0.1, 0.15) is 0 Å². The van der Waals surface area contributed by atoms with Gasteiger partial charge in [-0.15, -0.1) is 0 Å². The van der Waals surface area contributed by atoms with Crippen molar-refractivity contribution in [2.24, 2.45) is 5.41 Å². The van der Waals surface area contributed by atoms with E-state index < -0.39 is 39.9 Å². The van der Waals surface area contributed by atoms with E-state index in [0.717, 1.165) is 20.0 Å². The van der Waals surface area contributed by atoms with Crippen molar-refractivity contribution in [1.82, 2.24) is 4.31 Å². The fourth-order valence-electron chi connectivity index (χ4n) is 6.28. The van der Waals surface area contributed by atoms with E-state index in [1.165, 1.54) is 40.1 Å². The third-order valence-corrected chi connectivity index (χ3v) is 24.9. The summed E-state index contributed by atoms with van der Waals surface area (Å²) < 4.78 is 36.9. The number of hydrogen-bond donors (Lipinski definition) is 1. The quantitative estimate of drug-likeness (QED) is 0.278. The number of fused-ring (bicyclic) bond motifs is 1. The summed E-state index contributed by atoms with van der Waals surface area (Å²) in [7, 11) is -3.75. The molecule has 2 aliphatic rings. The normalized spacial score (nSPS) is 23.9. The molecule has 0 radical (unpaired) electrons. The average Bonchev–Trinajstić information content (AvgIpc) is 3.33. The Bertz CT molecular complexity index is 1170. The Balaban J connectivity index is 1.87. The van der Waals surface area contributed by atoms with Gasteiger partial charge in [0.25, 0.3) is 0 Å². The zero-order valence-electron chi connectivity index (χ0n) is 21.1.